The molecule has 25 heavy (non-hydrogen) atoms. The van der Waals surface area contributed by atoms with Gasteiger partial charge in [0.2, 0.25) is 0 Å². The average Bonchev–Trinajstić information content (AvgIpc) is 2.59. The molecule has 0 fully saturated rings. The van der Waals surface area contributed by atoms with E-state index in [9.17, 15) is 18.0 Å². The fourth-order valence-corrected chi connectivity index (χ4v) is 2.33. The second-order valence-corrected chi connectivity index (χ2v) is 5.80. The van der Waals surface area contributed by atoms with Crippen molar-refractivity contribution < 1.29 is 26.9 Å². The van der Waals surface area contributed by atoms with Gasteiger partial charge in [0.05, 0.1) is 0 Å². The van der Waals surface area contributed by atoms with Crippen LogP contribution in [0.15, 0.2) is 59.5 Å². The fourth-order valence-electron chi connectivity index (χ4n) is 1.89. The Morgan fingerprint density at radius 2 is 1.68 bits per heavy atom. The Hall–Kier alpha value is -2.19. The van der Waals surface area contributed by atoms with Crippen LogP contribution in [0.25, 0.3) is 0 Å². The standard InChI is InChI=1S/C17H16F3NO3S/c18-17(19,20)24-25-15-8-6-13(7-9-15)10-11-21-16(22)23-12-14-4-2-1-3-5-14/h1-9H,10-12H2,(H,21,22). The van der Waals surface area contributed by atoms with Crippen molar-refractivity contribution in [1.29, 1.82) is 0 Å². The minimum atomic E-state index is -4.67. The number of ether oxygens (including phenoxy) is 1. The summed E-state index contributed by atoms with van der Waals surface area (Å²) < 4.78 is 44.6. The van der Waals surface area contributed by atoms with Crippen LogP contribution in [-0.2, 0) is 21.9 Å². The Morgan fingerprint density at radius 1 is 1.00 bits per heavy atom. The number of nitrogens with one attached hydrogen (secondary N) is 1. The van der Waals surface area contributed by atoms with Crippen LogP contribution in [0.5, 0.6) is 0 Å². The number of amides is 1. The van der Waals surface area contributed by atoms with Gasteiger partial charge in [-0.2, -0.15) is 0 Å². The Morgan fingerprint density at radius 3 is 2.32 bits per heavy atom. The molecule has 0 aliphatic carbocycles. The molecular weight excluding hydrogens is 355 g/mol. The topological polar surface area (TPSA) is 47.6 Å². The first-order chi connectivity index (χ1) is 11.9. The molecule has 0 aliphatic rings. The molecule has 0 aliphatic heterocycles. The molecule has 4 nitrogen and oxygen atoms in total. The number of hydrogen-bond acceptors (Lipinski definition) is 4. The van der Waals surface area contributed by atoms with Gasteiger partial charge in [0.1, 0.15) is 6.61 Å². The molecule has 2 aromatic carbocycles. The van der Waals surface area contributed by atoms with Crippen molar-refractivity contribution in [2.45, 2.75) is 24.3 Å². The molecule has 0 spiro atoms. The molecule has 0 aromatic heterocycles. The third kappa shape index (κ3) is 7.95. The Labute approximate surface area is 147 Å². The SMILES string of the molecule is O=C(NCCc1ccc(SOC(F)(F)F)cc1)OCc1ccccc1. The predicted octanol–water partition coefficient (Wildman–Crippen LogP) is 4.70. The highest BCUT2D eigenvalue weighted by molar-refractivity contribution is 7.94. The van der Waals surface area contributed by atoms with Crippen molar-refractivity contribution in [3.8, 4) is 0 Å². The van der Waals surface area contributed by atoms with E-state index in [1.807, 2.05) is 30.3 Å². The number of hydrogen-bond donors (Lipinski definition) is 1. The summed E-state index contributed by atoms with van der Waals surface area (Å²) in [5, 5.41) is 2.62. The lowest BCUT2D eigenvalue weighted by atomic mass is 10.1. The molecule has 1 N–H and O–H groups in total. The molecule has 0 heterocycles. The Balaban J connectivity index is 1.66. The Bertz CT molecular complexity index is 663. The van der Waals surface area contributed by atoms with Crippen LogP contribution in [-0.4, -0.2) is 19.0 Å². The molecule has 0 radical (unpaired) electrons. The predicted molar refractivity (Wildman–Crippen MR) is 87.8 cm³/mol. The van der Waals surface area contributed by atoms with E-state index < -0.39 is 12.5 Å². The second-order valence-electron chi connectivity index (χ2n) is 4.99. The summed E-state index contributed by atoms with van der Waals surface area (Å²) in [6.45, 7) is 0.553. The summed E-state index contributed by atoms with van der Waals surface area (Å²) in [5.41, 5.74) is 1.77. The first kappa shape index (κ1) is 19.1. The Kier molecular flexibility index (Phi) is 7.15. The average molecular weight is 371 g/mol. The monoisotopic (exact) mass is 371 g/mol. The van der Waals surface area contributed by atoms with Crippen molar-refractivity contribution >= 4 is 18.1 Å². The third-order valence-corrected chi connectivity index (χ3v) is 3.79. The maximum absolute atomic E-state index is 11.9. The summed E-state index contributed by atoms with van der Waals surface area (Å²) in [4.78, 5) is 11.9. The molecule has 0 saturated heterocycles. The van der Waals surface area contributed by atoms with E-state index in [4.69, 9.17) is 4.74 Å². The molecule has 2 aromatic rings. The van der Waals surface area contributed by atoms with E-state index in [2.05, 4.69) is 9.50 Å². The van der Waals surface area contributed by atoms with Crippen molar-refractivity contribution in [2.24, 2.45) is 0 Å². The van der Waals surface area contributed by atoms with E-state index >= 15 is 0 Å². The molecule has 1 amide bonds. The largest absolute Gasteiger partial charge is 0.533 e. The van der Waals surface area contributed by atoms with Crippen molar-refractivity contribution in [1.82, 2.24) is 5.32 Å². The summed E-state index contributed by atoms with van der Waals surface area (Å²) in [5.74, 6) is 0. The maximum Gasteiger partial charge on any atom is 0.533 e. The summed E-state index contributed by atoms with van der Waals surface area (Å²) in [6, 6.07) is 15.7. The zero-order valence-electron chi connectivity index (χ0n) is 13.1. The molecule has 2 rings (SSSR count). The first-order valence-corrected chi connectivity index (χ1v) is 8.12. The van der Waals surface area contributed by atoms with Crippen LogP contribution in [0.4, 0.5) is 18.0 Å². The fraction of sp³-hybridized carbons (Fsp3) is 0.235. The molecule has 0 saturated carbocycles. The van der Waals surface area contributed by atoms with E-state index in [-0.39, 0.29) is 18.6 Å². The lowest BCUT2D eigenvalue weighted by molar-refractivity contribution is -0.266. The zero-order valence-corrected chi connectivity index (χ0v) is 13.9. The first-order valence-electron chi connectivity index (χ1n) is 7.38. The van der Waals surface area contributed by atoms with Crippen molar-refractivity contribution in [3.05, 3.63) is 65.7 Å². The number of carbonyl (C=O) groups excluding carboxylic acids is 1. The highest BCUT2D eigenvalue weighted by Crippen LogP contribution is 2.29. The van der Waals surface area contributed by atoms with Crippen LogP contribution in [0.1, 0.15) is 11.1 Å². The molecule has 134 valence electrons. The minimum Gasteiger partial charge on any atom is -0.445 e. The van der Waals surface area contributed by atoms with Gasteiger partial charge in [0, 0.05) is 23.5 Å². The van der Waals surface area contributed by atoms with Gasteiger partial charge < -0.3 is 10.1 Å². The number of halogens is 3. The smallest absolute Gasteiger partial charge is 0.445 e. The van der Waals surface area contributed by atoms with Crippen LogP contribution < -0.4 is 5.32 Å². The van der Waals surface area contributed by atoms with Crippen LogP contribution in [0.2, 0.25) is 0 Å². The van der Waals surface area contributed by atoms with E-state index in [1.54, 1.807) is 12.1 Å². The summed E-state index contributed by atoms with van der Waals surface area (Å²) >= 11 is 0.255. The van der Waals surface area contributed by atoms with Crippen molar-refractivity contribution in [2.75, 3.05) is 6.54 Å². The van der Waals surface area contributed by atoms with Gasteiger partial charge in [-0.1, -0.05) is 42.5 Å². The van der Waals surface area contributed by atoms with Gasteiger partial charge in [-0.3, -0.25) is 0 Å². The lowest BCUT2D eigenvalue weighted by Crippen LogP contribution is -2.26. The number of alkyl carbamates (subject to hydrolysis) is 1. The maximum atomic E-state index is 11.9. The van der Waals surface area contributed by atoms with E-state index in [0.29, 0.717) is 17.9 Å². The van der Waals surface area contributed by atoms with Crippen LogP contribution in [0, 0.1) is 0 Å². The quantitative estimate of drug-likeness (QED) is 0.717. The van der Waals surface area contributed by atoms with E-state index in [0.717, 1.165) is 11.1 Å². The highest BCUT2D eigenvalue weighted by atomic mass is 32.2. The van der Waals surface area contributed by atoms with E-state index in [1.165, 1.54) is 12.1 Å². The van der Waals surface area contributed by atoms with Gasteiger partial charge in [0.15, 0.2) is 0 Å². The second kappa shape index (κ2) is 9.33. The van der Waals surface area contributed by atoms with Gasteiger partial charge in [-0.25, -0.2) is 8.98 Å². The molecule has 0 bridgehead atoms. The molecule has 8 heteroatoms. The van der Waals surface area contributed by atoms with Gasteiger partial charge >= 0.3 is 12.5 Å². The van der Waals surface area contributed by atoms with Gasteiger partial charge in [0.25, 0.3) is 0 Å². The normalized spacial score (nSPS) is 11.2. The molecule has 0 unspecified atom stereocenters. The number of carbonyl (C=O) groups is 1. The van der Waals surface area contributed by atoms with Crippen molar-refractivity contribution in [3.63, 3.8) is 0 Å². The molecular formula is C17H16F3NO3S. The van der Waals surface area contributed by atoms with Gasteiger partial charge in [-0.05, 0) is 29.7 Å². The molecule has 0 atom stereocenters. The number of alkyl halides is 3. The highest BCUT2D eigenvalue weighted by Gasteiger charge is 2.30. The van der Waals surface area contributed by atoms with Crippen LogP contribution in [0.3, 0.4) is 0 Å². The zero-order chi connectivity index (χ0) is 18.1. The summed E-state index contributed by atoms with van der Waals surface area (Å²) in [7, 11) is 0. The van der Waals surface area contributed by atoms with Gasteiger partial charge in [-0.15, -0.1) is 13.2 Å². The third-order valence-electron chi connectivity index (χ3n) is 3.05. The number of benzene rings is 2. The number of rotatable bonds is 7. The minimum absolute atomic E-state index is 0.192. The summed E-state index contributed by atoms with van der Waals surface area (Å²) in [6.07, 6.45) is -4.66. The van der Waals surface area contributed by atoms with Crippen LogP contribution >= 0.6 is 12.0 Å². The lowest BCUT2D eigenvalue weighted by Gasteiger charge is -2.08.